The molecule has 7 nitrogen and oxygen atoms in total. The fourth-order valence-electron chi connectivity index (χ4n) is 5.41. The summed E-state index contributed by atoms with van der Waals surface area (Å²) in [4.78, 5) is 18.5. The minimum absolute atomic E-state index is 0.0538. The van der Waals surface area contributed by atoms with E-state index in [1.54, 1.807) is 16.4 Å². The number of nitrogens with one attached hydrogen (secondary N) is 1. The highest BCUT2D eigenvalue weighted by Crippen LogP contribution is 2.38. The van der Waals surface area contributed by atoms with Gasteiger partial charge in [-0.3, -0.25) is 0 Å². The SMILES string of the molecule is CC1=C(C(=O)OC2CCCCC2)C(c2ccc(OCc3ccccc3Cl)cc2)n2nc(SCc3ccccc3)nc2N1. The fourth-order valence-corrected chi connectivity index (χ4v) is 6.38. The van der Waals surface area contributed by atoms with Gasteiger partial charge in [0.15, 0.2) is 0 Å². The average Bonchev–Trinajstić information content (AvgIpc) is 3.42. The summed E-state index contributed by atoms with van der Waals surface area (Å²) < 4.78 is 13.9. The van der Waals surface area contributed by atoms with E-state index < -0.39 is 6.04 Å². The molecule has 2 aliphatic rings. The Kier molecular flexibility index (Phi) is 8.81. The quantitative estimate of drug-likeness (QED) is 0.154. The van der Waals surface area contributed by atoms with Crippen molar-refractivity contribution < 1.29 is 14.3 Å². The first kappa shape index (κ1) is 28.4. The van der Waals surface area contributed by atoms with Crippen molar-refractivity contribution in [3.05, 3.63) is 112 Å². The Balaban J connectivity index is 1.27. The Morgan fingerprint density at radius 3 is 2.50 bits per heavy atom. The van der Waals surface area contributed by atoms with Gasteiger partial charge >= 0.3 is 5.97 Å². The van der Waals surface area contributed by atoms with E-state index in [2.05, 4.69) is 17.4 Å². The van der Waals surface area contributed by atoms with Gasteiger partial charge < -0.3 is 14.8 Å². The highest BCUT2D eigenvalue weighted by Gasteiger charge is 2.36. The summed E-state index contributed by atoms with van der Waals surface area (Å²) in [5.41, 5.74) is 4.27. The number of allylic oxidation sites excluding steroid dienone is 1. The van der Waals surface area contributed by atoms with Crippen molar-refractivity contribution in [2.24, 2.45) is 0 Å². The zero-order valence-electron chi connectivity index (χ0n) is 23.5. The lowest BCUT2D eigenvalue weighted by atomic mass is 9.95. The number of halogens is 1. The van der Waals surface area contributed by atoms with E-state index in [0.717, 1.165) is 48.3 Å². The fraction of sp³-hybridized carbons (Fsp3) is 0.303. The van der Waals surface area contributed by atoms with Crippen LogP contribution in [-0.2, 0) is 21.9 Å². The van der Waals surface area contributed by atoms with Gasteiger partial charge in [0, 0.05) is 22.0 Å². The number of carbonyl (C=O) groups excluding carboxylic acids is 1. The average molecular weight is 601 g/mol. The maximum absolute atomic E-state index is 13.7. The zero-order chi connectivity index (χ0) is 28.9. The molecule has 42 heavy (non-hydrogen) atoms. The molecule has 0 amide bonds. The minimum Gasteiger partial charge on any atom is -0.489 e. The van der Waals surface area contributed by atoms with Gasteiger partial charge in [-0.2, -0.15) is 4.98 Å². The molecule has 6 rings (SSSR count). The Hall–Kier alpha value is -3.75. The van der Waals surface area contributed by atoms with E-state index >= 15 is 0 Å². The van der Waals surface area contributed by atoms with Crippen molar-refractivity contribution in [1.82, 2.24) is 14.8 Å². The monoisotopic (exact) mass is 600 g/mol. The van der Waals surface area contributed by atoms with Gasteiger partial charge in [0.05, 0.1) is 5.57 Å². The number of esters is 1. The third-order valence-corrected chi connectivity index (χ3v) is 8.92. The number of carbonyl (C=O) groups is 1. The summed E-state index contributed by atoms with van der Waals surface area (Å²) in [5.74, 6) is 1.74. The molecule has 0 spiro atoms. The first-order valence-corrected chi connectivity index (χ1v) is 15.7. The van der Waals surface area contributed by atoms with E-state index in [1.807, 2.05) is 73.7 Å². The number of aromatic nitrogens is 3. The standard InChI is InChI=1S/C33H33ClN4O3S/c1-22-29(31(39)41-27-13-6-3-7-14-27)30(24-16-18-26(19-17-24)40-20-25-12-8-9-15-28(25)34)38-32(35-22)36-33(37-38)42-21-23-10-4-2-5-11-23/h2,4-5,8-12,15-19,27,30H,3,6-7,13-14,20-21H2,1H3,(H,35,36,37). The summed E-state index contributed by atoms with van der Waals surface area (Å²) in [7, 11) is 0. The van der Waals surface area contributed by atoms with Gasteiger partial charge in [-0.1, -0.05) is 90.4 Å². The van der Waals surface area contributed by atoms with Gasteiger partial charge in [0.2, 0.25) is 11.1 Å². The number of nitrogens with zero attached hydrogens (tertiary/aromatic N) is 3. The first-order chi connectivity index (χ1) is 20.5. The lowest BCUT2D eigenvalue weighted by Crippen LogP contribution is -2.32. The van der Waals surface area contributed by atoms with Crippen LogP contribution < -0.4 is 10.1 Å². The lowest BCUT2D eigenvalue weighted by Gasteiger charge is -2.30. The summed E-state index contributed by atoms with van der Waals surface area (Å²) in [6.07, 6.45) is 5.12. The molecule has 1 aromatic heterocycles. The van der Waals surface area contributed by atoms with Crippen LogP contribution in [0.1, 0.15) is 61.8 Å². The number of benzene rings is 3. The molecule has 216 valence electrons. The van der Waals surface area contributed by atoms with Crippen LogP contribution in [0, 0.1) is 0 Å². The van der Waals surface area contributed by atoms with Gasteiger partial charge in [-0.15, -0.1) is 5.10 Å². The predicted molar refractivity (Wildman–Crippen MR) is 166 cm³/mol. The van der Waals surface area contributed by atoms with Crippen LogP contribution in [0.15, 0.2) is 95.3 Å². The molecule has 2 heterocycles. The highest BCUT2D eigenvalue weighted by atomic mass is 35.5. The first-order valence-electron chi connectivity index (χ1n) is 14.3. The van der Waals surface area contributed by atoms with Crippen molar-refractivity contribution in [2.45, 2.75) is 68.7 Å². The molecule has 1 unspecified atom stereocenters. The number of hydrogen-bond acceptors (Lipinski definition) is 7. The van der Waals surface area contributed by atoms with Crippen molar-refractivity contribution >= 4 is 35.3 Å². The highest BCUT2D eigenvalue weighted by molar-refractivity contribution is 7.98. The van der Waals surface area contributed by atoms with Crippen LogP contribution in [0.4, 0.5) is 5.95 Å². The second kappa shape index (κ2) is 13.0. The number of thioether (sulfide) groups is 1. The predicted octanol–water partition coefficient (Wildman–Crippen LogP) is 7.97. The zero-order valence-corrected chi connectivity index (χ0v) is 25.0. The molecule has 1 saturated carbocycles. The van der Waals surface area contributed by atoms with Crippen LogP contribution >= 0.6 is 23.4 Å². The summed E-state index contributed by atoms with van der Waals surface area (Å²) in [6.45, 7) is 2.26. The van der Waals surface area contributed by atoms with Gasteiger partial charge in [0.1, 0.15) is 24.5 Å². The molecule has 1 aliphatic heterocycles. The normalized spacial score (nSPS) is 17.0. The Morgan fingerprint density at radius 1 is 1.00 bits per heavy atom. The van der Waals surface area contributed by atoms with Crippen molar-refractivity contribution in [1.29, 1.82) is 0 Å². The molecule has 9 heteroatoms. The summed E-state index contributed by atoms with van der Waals surface area (Å²) in [5, 5.41) is 9.49. The smallest absolute Gasteiger partial charge is 0.338 e. The summed E-state index contributed by atoms with van der Waals surface area (Å²) >= 11 is 7.86. The van der Waals surface area contributed by atoms with Crippen LogP contribution in [0.25, 0.3) is 0 Å². The maximum atomic E-state index is 13.7. The van der Waals surface area contributed by atoms with Crippen LogP contribution in [-0.4, -0.2) is 26.8 Å². The molecule has 1 aliphatic carbocycles. The Morgan fingerprint density at radius 2 is 1.74 bits per heavy atom. The van der Waals surface area contributed by atoms with Gasteiger partial charge in [-0.05, 0) is 61.9 Å². The molecule has 1 fully saturated rings. The van der Waals surface area contributed by atoms with Crippen molar-refractivity contribution in [3.8, 4) is 5.75 Å². The lowest BCUT2D eigenvalue weighted by molar-refractivity contribution is -0.146. The number of ether oxygens (including phenoxy) is 2. The molecule has 0 radical (unpaired) electrons. The number of rotatable bonds is 9. The van der Waals surface area contributed by atoms with E-state index in [1.165, 1.54) is 12.0 Å². The molecular formula is C33H33ClN4O3S. The minimum atomic E-state index is -0.492. The Bertz CT molecular complexity index is 1570. The van der Waals surface area contributed by atoms with E-state index in [-0.39, 0.29) is 12.1 Å². The van der Waals surface area contributed by atoms with Crippen LogP contribution in [0.2, 0.25) is 5.02 Å². The molecule has 1 N–H and O–H groups in total. The molecule has 0 bridgehead atoms. The second-order valence-corrected chi connectivity index (χ2v) is 12.0. The van der Waals surface area contributed by atoms with Crippen LogP contribution in [0.3, 0.4) is 0 Å². The molecule has 0 saturated heterocycles. The Labute approximate surface area is 255 Å². The van der Waals surface area contributed by atoms with E-state index in [4.69, 9.17) is 31.2 Å². The number of hydrogen-bond donors (Lipinski definition) is 1. The van der Waals surface area contributed by atoms with Crippen molar-refractivity contribution in [2.75, 3.05) is 5.32 Å². The van der Waals surface area contributed by atoms with Crippen molar-refractivity contribution in [3.63, 3.8) is 0 Å². The third kappa shape index (κ3) is 6.50. The van der Waals surface area contributed by atoms with Gasteiger partial charge in [-0.25, -0.2) is 9.48 Å². The molecule has 4 aromatic rings. The largest absolute Gasteiger partial charge is 0.489 e. The number of anilines is 1. The molecular weight excluding hydrogens is 568 g/mol. The maximum Gasteiger partial charge on any atom is 0.338 e. The molecule has 1 atom stereocenters. The third-order valence-electron chi connectivity index (χ3n) is 7.64. The second-order valence-electron chi connectivity index (χ2n) is 10.6. The van der Waals surface area contributed by atoms with E-state index in [0.29, 0.717) is 34.1 Å². The topological polar surface area (TPSA) is 78.3 Å². The molecule has 3 aromatic carbocycles. The van der Waals surface area contributed by atoms with Crippen LogP contribution in [0.5, 0.6) is 5.75 Å². The summed E-state index contributed by atoms with van der Waals surface area (Å²) in [6, 6.07) is 25.2. The number of fused-ring (bicyclic) bond motifs is 1. The van der Waals surface area contributed by atoms with E-state index in [9.17, 15) is 4.79 Å². The van der Waals surface area contributed by atoms with Gasteiger partial charge in [0.25, 0.3) is 0 Å².